The van der Waals surface area contributed by atoms with E-state index in [9.17, 15) is 14.7 Å². The van der Waals surface area contributed by atoms with Crippen molar-refractivity contribution in [2.45, 2.75) is 32.2 Å². The number of hydrogen-bond acceptors (Lipinski definition) is 4. The number of aliphatic carboxylic acids is 1. The Balaban J connectivity index is 2.60. The monoisotopic (exact) mass is 308 g/mol. The fourth-order valence-electron chi connectivity index (χ4n) is 1.86. The van der Waals surface area contributed by atoms with Gasteiger partial charge in [-0.2, -0.15) is 0 Å². The molecule has 1 unspecified atom stereocenters. The molecular formula is C16H24N2O4. The van der Waals surface area contributed by atoms with Crippen molar-refractivity contribution in [1.82, 2.24) is 5.32 Å². The van der Waals surface area contributed by atoms with Gasteiger partial charge in [0.1, 0.15) is 6.04 Å². The molecule has 1 aromatic rings. The summed E-state index contributed by atoms with van der Waals surface area (Å²) in [6.45, 7) is 2.28. The molecule has 1 rings (SSSR count). The third kappa shape index (κ3) is 6.03. The molecule has 0 bridgehead atoms. The lowest BCUT2D eigenvalue weighted by atomic mass is 10.1. The van der Waals surface area contributed by atoms with E-state index in [0.29, 0.717) is 6.61 Å². The lowest BCUT2D eigenvalue weighted by Gasteiger charge is -2.16. The Kier molecular flexibility index (Phi) is 7.22. The van der Waals surface area contributed by atoms with Gasteiger partial charge in [0.15, 0.2) is 0 Å². The predicted octanol–water partition coefficient (Wildman–Crippen LogP) is 2.27. The number of unbranched alkanes of at least 4 members (excludes halogenated alkanes) is 1. The van der Waals surface area contributed by atoms with E-state index in [1.165, 1.54) is 0 Å². The van der Waals surface area contributed by atoms with Gasteiger partial charge in [-0.3, -0.25) is 0 Å². The summed E-state index contributed by atoms with van der Waals surface area (Å²) in [7, 11) is 3.87. The first-order chi connectivity index (χ1) is 10.4. The molecule has 2 N–H and O–H groups in total. The molecule has 0 saturated heterocycles. The number of benzene rings is 1. The zero-order valence-corrected chi connectivity index (χ0v) is 13.3. The van der Waals surface area contributed by atoms with Crippen LogP contribution in [0, 0.1) is 0 Å². The van der Waals surface area contributed by atoms with Gasteiger partial charge < -0.3 is 20.1 Å². The molecule has 1 aromatic carbocycles. The Morgan fingerprint density at radius 3 is 2.41 bits per heavy atom. The van der Waals surface area contributed by atoms with E-state index in [1.54, 1.807) is 0 Å². The first-order valence-electron chi connectivity index (χ1n) is 7.36. The van der Waals surface area contributed by atoms with Crippen molar-refractivity contribution in [2.75, 3.05) is 25.6 Å². The van der Waals surface area contributed by atoms with Crippen LogP contribution in [0.4, 0.5) is 10.5 Å². The van der Waals surface area contributed by atoms with Crippen LogP contribution in [0.25, 0.3) is 0 Å². The normalized spacial score (nSPS) is 11.6. The molecule has 0 aliphatic rings. The van der Waals surface area contributed by atoms with E-state index >= 15 is 0 Å². The van der Waals surface area contributed by atoms with E-state index in [1.807, 2.05) is 50.2 Å². The third-order valence-corrected chi connectivity index (χ3v) is 3.21. The first-order valence-corrected chi connectivity index (χ1v) is 7.36. The molecule has 0 spiro atoms. The topological polar surface area (TPSA) is 78.9 Å². The average molecular weight is 308 g/mol. The van der Waals surface area contributed by atoms with Crippen LogP contribution in [-0.4, -0.2) is 43.9 Å². The minimum absolute atomic E-state index is 0.214. The van der Waals surface area contributed by atoms with Crippen molar-refractivity contribution in [2.24, 2.45) is 0 Å². The Labute approximate surface area is 131 Å². The number of carbonyl (C=O) groups excluding carboxylic acids is 1. The highest BCUT2D eigenvalue weighted by Gasteiger charge is 2.21. The maximum Gasteiger partial charge on any atom is 0.407 e. The molecule has 0 aromatic heterocycles. The van der Waals surface area contributed by atoms with Crippen molar-refractivity contribution in [3.05, 3.63) is 29.8 Å². The minimum Gasteiger partial charge on any atom is -0.480 e. The van der Waals surface area contributed by atoms with Crippen LogP contribution in [-0.2, 0) is 16.0 Å². The second-order valence-corrected chi connectivity index (χ2v) is 5.29. The van der Waals surface area contributed by atoms with Gasteiger partial charge in [-0.05, 0) is 24.1 Å². The second kappa shape index (κ2) is 8.92. The summed E-state index contributed by atoms with van der Waals surface area (Å²) in [5.41, 5.74) is 1.87. The highest BCUT2D eigenvalue weighted by atomic mass is 16.5. The Bertz CT molecular complexity index is 485. The Hall–Kier alpha value is -2.24. The number of nitrogens with one attached hydrogen (secondary N) is 1. The smallest absolute Gasteiger partial charge is 0.407 e. The summed E-state index contributed by atoms with van der Waals surface area (Å²) in [5, 5.41) is 11.6. The summed E-state index contributed by atoms with van der Waals surface area (Å²) < 4.78 is 4.93. The molecule has 22 heavy (non-hydrogen) atoms. The van der Waals surface area contributed by atoms with Crippen LogP contribution in [0.1, 0.15) is 25.3 Å². The molecule has 6 nitrogen and oxygen atoms in total. The molecule has 0 saturated carbocycles. The van der Waals surface area contributed by atoms with Crippen LogP contribution in [0.2, 0.25) is 0 Å². The number of anilines is 1. The van der Waals surface area contributed by atoms with Crippen molar-refractivity contribution in [3.63, 3.8) is 0 Å². The fourth-order valence-corrected chi connectivity index (χ4v) is 1.86. The quantitative estimate of drug-likeness (QED) is 0.720. The standard InChI is InChI=1S/C16H24N2O4/c1-4-5-10-22-16(21)17-14(15(19)20)11-12-6-8-13(9-7-12)18(2)3/h6-9,14H,4-5,10-11H2,1-3H3,(H,17,21)(H,19,20). The van der Waals surface area contributed by atoms with E-state index in [2.05, 4.69) is 5.32 Å². The van der Waals surface area contributed by atoms with Gasteiger partial charge in [0.2, 0.25) is 0 Å². The summed E-state index contributed by atoms with van der Waals surface area (Å²) in [4.78, 5) is 24.8. The first kappa shape index (κ1) is 17.8. The number of carboxylic acids is 1. The van der Waals surface area contributed by atoms with Gasteiger partial charge >= 0.3 is 12.1 Å². The largest absolute Gasteiger partial charge is 0.480 e. The molecule has 6 heteroatoms. The highest BCUT2D eigenvalue weighted by molar-refractivity contribution is 5.80. The van der Waals surface area contributed by atoms with Gasteiger partial charge in [0.05, 0.1) is 6.61 Å². The van der Waals surface area contributed by atoms with Crippen LogP contribution < -0.4 is 10.2 Å². The average Bonchev–Trinajstić information content (AvgIpc) is 2.47. The van der Waals surface area contributed by atoms with Crippen LogP contribution >= 0.6 is 0 Å². The lowest BCUT2D eigenvalue weighted by Crippen LogP contribution is -2.42. The number of carbonyl (C=O) groups is 2. The zero-order chi connectivity index (χ0) is 16.5. The van der Waals surface area contributed by atoms with E-state index in [0.717, 1.165) is 24.1 Å². The molecule has 122 valence electrons. The highest BCUT2D eigenvalue weighted by Crippen LogP contribution is 2.13. The number of ether oxygens (including phenoxy) is 1. The number of rotatable bonds is 8. The number of nitrogens with zero attached hydrogens (tertiary/aromatic N) is 1. The summed E-state index contributed by atoms with van der Waals surface area (Å²) >= 11 is 0. The molecule has 0 heterocycles. The van der Waals surface area contributed by atoms with E-state index in [-0.39, 0.29) is 6.42 Å². The van der Waals surface area contributed by atoms with Crippen molar-refractivity contribution < 1.29 is 19.4 Å². The van der Waals surface area contributed by atoms with Gasteiger partial charge in [0, 0.05) is 26.2 Å². The Morgan fingerprint density at radius 1 is 1.27 bits per heavy atom. The SMILES string of the molecule is CCCCOC(=O)NC(Cc1ccc(N(C)C)cc1)C(=O)O. The third-order valence-electron chi connectivity index (χ3n) is 3.21. The van der Waals surface area contributed by atoms with Gasteiger partial charge in [-0.1, -0.05) is 25.5 Å². The maximum absolute atomic E-state index is 11.6. The number of amides is 1. The Morgan fingerprint density at radius 2 is 1.91 bits per heavy atom. The van der Waals surface area contributed by atoms with Gasteiger partial charge in [0.25, 0.3) is 0 Å². The molecule has 1 atom stereocenters. The van der Waals surface area contributed by atoms with E-state index in [4.69, 9.17) is 4.74 Å². The zero-order valence-electron chi connectivity index (χ0n) is 13.3. The van der Waals surface area contributed by atoms with Crippen LogP contribution in [0.5, 0.6) is 0 Å². The molecule has 0 aliphatic carbocycles. The number of carboxylic acid groups (broad SMARTS) is 1. The molecule has 0 fully saturated rings. The lowest BCUT2D eigenvalue weighted by molar-refractivity contribution is -0.139. The van der Waals surface area contributed by atoms with Crippen LogP contribution in [0.15, 0.2) is 24.3 Å². The predicted molar refractivity (Wildman–Crippen MR) is 85.3 cm³/mol. The van der Waals surface area contributed by atoms with Crippen molar-refractivity contribution >= 4 is 17.7 Å². The molecule has 1 amide bonds. The van der Waals surface area contributed by atoms with Crippen LogP contribution in [0.3, 0.4) is 0 Å². The minimum atomic E-state index is -1.08. The molecule has 0 radical (unpaired) electrons. The second-order valence-electron chi connectivity index (χ2n) is 5.29. The van der Waals surface area contributed by atoms with Crippen molar-refractivity contribution in [1.29, 1.82) is 0 Å². The van der Waals surface area contributed by atoms with Crippen molar-refractivity contribution in [3.8, 4) is 0 Å². The number of hydrogen-bond donors (Lipinski definition) is 2. The number of alkyl carbamates (subject to hydrolysis) is 1. The summed E-state index contributed by atoms with van der Waals surface area (Å²) in [5.74, 6) is -1.08. The maximum atomic E-state index is 11.6. The summed E-state index contributed by atoms with van der Waals surface area (Å²) in [6, 6.07) is 6.53. The fraction of sp³-hybridized carbons (Fsp3) is 0.500. The summed E-state index contributed by atoms with van der Waals surface area (Å²) in [6.07, 6.45) is 1.20. The van der Waals surface area contributed by atoms with E-state index < -0.39 is 18.1 Å². The van der Waals surface area contributed by atoms with Gasteiger partial charge in [-0.15, -0.1) is 0 Å². The van der Waals surface area contributed by atoms with Gasteiger partial charge in [-0.25, -0.2) is 9.59 Å². The molecule has 0 aliphatic heterocycles. The molecular weight excluding hydrogens is 284 g/mol.